The third-order valence-corrected chi connectivity index (χ3v) is 3.16. The van der Waals surface area contributed by atoms with E-state index in [-0.39, 0.29) is 6.61 Å². The van der Waals surface area contributed by atoms with Gasteiger partial charge >= 0.3 is 12.1 Å². The Morgan fingerprint density at radius 2 is 2.05 bits per heavy atom. The molecule has 20 heavy (non-hydrogen) atoms. The summed E-state index contributed by atoms with van der Waals surface area (Å²) in [6.07, 6.45) is 0.769. The number of carbonyl (C=O) groups is 2. The fourth-order valence-corrected chi connectivity index (χ4v) is 2.12. The predicted molar refractivity (Wildman–Crippen MR) is 73.7 cm³/mol. The molecule has 1 amide bonds. The van der Waals surface area contributed by atoms with Gasteiger partial charge in [0.15, 0.2) is 5.13 Å². The summed E-state index contributed by atoms with van der Waals surface area (Å²) in [5.74, 6) is -1.13. The molecule has 0 aliphatic rings. The number of aliphatic carboxylic acids is 1. The molecular weight excluding hydrogens is 280 g/mol. The first-order valence-electron chi connectivity index (χ1n) is 5.76. The summed E-state index contributed by atoms with van der Waals surface area (Å²) in [4.78, 5) is 27.7. The van der Waals surface area contributed by atoms with Crippen LogP contribution in [0.2, 0.25) is 0 Å². The monoisotopic (exact) mass is 292 g/mol. The third kappa shape index (κ3) is 3.79. The number of nitrogens with zero attached hydrogens (tertiary/aromatic N) is 2. The van der Waals surface area contributed by atoms with Crippen LogP contribution in [0, 0.1) is 0 Å². The molecule has 0 saturated heterocycles. The number of amides is 1. The van der Waals surface area contributed by atoms with E-state index in [0.717, 1.165) is 10.5 Å². The van der Waals surface area contributed by atoms with Crippen LogP contribution in [-0.4, -0.2) is 28.7 Å². The highest BCUT2D eigenvalue weighted by atomic mass is 32.1. The van der Waals surface area contributed by atoms with Gasteiger partial charge in [-0.05, 0) is 5.56 Å². The third-order valence-electron chi connectivity index (χ3n) is 2.37. The smallest absolute Gasteiger partial charge is 0.417 e. The van der Waals surface area contributed by atoms with Crippen molar-refractivity contribution < 1.29 is 19.4 Å². The second kappa shape index (κ2) is 6.67. The maximum atomic E-state index is 12.0. The second-order valence-corrected chi connectivity index (χ2v) is 4.71. The Balaban J connectivity index is 2.02. The molecule has 7 heteroatoms. The standard InChI is InChI=1S/C13H12N2O4S/c16-11(17)8-15(12-14-6-7-20-12)13(18)19-9-10-4-2-1-3-5-10/h1-7H,8-9H2,(H,16,17). The highest BCUT2D eigenvalue weighted by Crippen LogP contribution is 2.18. The number of carboxylic acids is 1. The summed E-state index contributed by atoms with van der Waals surface area (Å²) < 4.78 is 5.11. The fraction of sp³-hybridized carbons (Fsp3) is 0.154. The first-order chi connectivity index (χ1) is 9.66. The zero-order valence-corrected chi connectivity index (χ0v) is 11.2. The topological polar surface area (TPSA) is 79.7 Å². The maximum Gasteiger partial charge on any atom is 0.417 e. The summed E-state index contributed by atoms with van der Waals surface area (Å²) in [6.45, 7) is -0.400. The van der Waals surface area contributed by atoms with Crippen LogP contribution in [0.5, 0.6) is 0 Å². The summed E-state index contributed by atoms with van der Waals surface area (Å²) in [7, 11) is 0. The number of aromatic nitrogens is 1. The molecule has 0 saturated carbocycles. The molecule has 6 nitrogen and oxygen atoms in total. The van der Waals surface area contributed by atoms with Crippen LogP contribution in [0.1, 0.15) is 5.56 Å². The van der Waals surface area contributed by atoms with Crippen molar-refractivity contribution in [3.63, 3.8) is 0 Å². The van der Waals surface area contributed by atoms with Crippen LogP contribution in [0.15, 0.2) is 41.9 Å². The Bertz CT molecular complexity index is 571. The summed E-state index contributed by atoms with van der Waals surface area (Å²) in [5, 5.41) is 10.8. The number of hydrogen-bond acceptors (Lipinski definition) is 5. The van der Waals surface area contributed by atoms with Crippen molar-refractivity contribution >= 4 is 28.5 Å². The van der Waals surface area contributed by atoms with Gasteiger partial charge < -0.3 is 9.84 Å². The molecule has 0 aliphatic carbocycles. The number of carbonyl (C=O) groups excluding carboxylic acids is 1. The summed E-state index contributed by atoms with van der Waals surface area (Å²) in [5.41, 5.74) is 0.829. The van der Waals surface area contributed by atoms with E-state index in [1.807, 2.05) is 30.3 Å². The van der Waals surface area contributed by atoms with Crippen molar-refractivity contribution in [3.05, 3.63) is 47.5 Å². The average molecular weight is 292 g/mol. The molecule has 0 aliphatic heterocycles. The lowest BCUT2D eigenvalue weighted by molar-refractivity contribution is -0.135. The second-order valence-electron chi connectivity index (χ2n) is 3.83. The summed E-state index contributed by atoms with van der Waals surface area (Å²) >= 11 is 1.17. The van der Waals surface area contributed by atoms with Gasteiger partial charge in [0.2, 0.25) is 0 Å². The quantitative estimate of drug-likeness (QED) is 0.915. The molecular formula is C13H12N2O4S. The molecule has 104 valence electrons. The Kier molecular flexibility index (Phi) is 4.67. The van der Waals surface area contributed by atoms with E-state index in [2.05, 4.69) is 4.98 Å². The number of thiazole rings is 1. The minimum Gasteiger partial charge on any atom is -0.480 e. The van der Waals surface area contributed by atoms with E-state index in [4.69, 9.17) is 9.84 Å². The number of rotatable bonds is 5. The number of anilines is 1. The molecule has 0 radical (unpaired) electrons. The van der Waals surface area contributed by atoms with Crippen molar-refractivity contribution in [2.45, 2.75) is 6.61 Å². The first-order valence-corrected chi connectivity index (χ1v) is 6.64. The molecule has 0 spiro atoms. The number of ether oxygens (including phenoxy) is 1. The highest BCUT2D eigenvalue weighted by molar-refractivity contribution is 7.13. The Morgan fingerprint density at radius 1 is 1.30 bits per heavy atom. The molecule has 1 N–H and O–H groups in total. The number of benzene rings is 1. The van der Waals surface area contributed by atoms with E-state index in [9.17, 15) is 9.59 Å². The Labute approximate surface area is 119 Å². The molecule has 2 aromatic rings. The van der Waals surface area contributed by atoms with Gasteiger partial charge in [0.1, 0.15) is 13.2 Å². The first kappa shape index (κ1) is 14.0. The lowest BCUT2D eigenvalue weighted by Gasteiger charge is -2.17. The van der Waals surface area contributed by atoms with Gasteiger partial charge in [-0.25, -0.2) is 14.7 Å². The molecule has 0 unspecified atom stereocenters. The average Bonchev–Trinajstić information content (AvgIpc) is 2.97. The minimum atomic E-state index is -1.13. The van der Waals surface area contributed by atoms with E-state index in [1.54, 1.807) is 5.38 Å². The van der Waals surface area contributed by atoms with Crippen LogP contribution >= 0.6 is 11.3 Å². The molecule has 1 heterocycles. The van der Waals surface area contributed by atoms with Crippen LogP contribution in [0.3, 0.4) is 0 Å². The zero-order valence-electron chi connectivity index (χ0n) is 10.4. The minimum absolute atomic E-state index is 0.0845. The number of carboxylic acid groups (broad SMARTS) is 1. The van der Waals surface area contributed by atoms with Crippen molar-refractivity contribution in [1.29, 1.82) is 0 Å². The molecule has 1 aromatic heterocycles. The van der Waals surface area contributed by atoms with Crippen molar-refractivity contribution in [1.82, 2.24) is 4.98 Å². The van der Waals surface area contributed by atoms with Crippen LogP contribution < -0.4 is 4.90 Å². The lowest BCUT2D eigenvalue weighted by atomic mass is 10.2. The SMILES string of the molecule is O=C(O)CN(C(=O)OCc1ccccc1)c1nccs1. The van der Waals surface area contributed by atoms with Gasteiger partial charge in [0.25, 0.3) is 0 Å². The Morgan fingerprint density at radius 3 is 2.65 bits per heavy atom. The van der Waals surface area contributed by atoms with Gasteiger partial charge in [0, 0.05) is 11.6 Å². The largest absolute Gasteiger partial charge is 0.480 e. The molecule has 0 fully saturated rings. The van der Waals surface area contributed by atoms with Gasteiger partial charge in [-0.1, -0.05) is 30.3 Å². The van der Waals surface area contributed by atoms with E-state index >= 15 is 0 Å². The molecule has 1 aromatic carbocycles. The van der Waals surface area contributed by atoms with Crippen LogP contribution in [0.25, 0.3) is 0 Å². The van der Waals surface area contributed by atoms with Gasteiger partial charge in [0.05, 0.1) is 0 Å². The summed E-state index contributed by atoms with van der Waals surface area (Å²) in [6, 6.07) is 9.16. The lowest BCUT2D eigenvalue weighted by Crippen LogP contribution is -2.36. The highest BCUT2D eigenvalue weighted by Gasteiger charge is 2.22. The van der Waals surface area contributed by atoms with Gasteiger partial charge in [-0.15, -0.1) is 11.3 Å². The number of hydrogen-bond donors (Lipinski definition) is 1. The van der Waals surface area contributed by atoms with Gasteiger partial charge in [-0.2, -0.15) is 0 Å². The van der Waals surface area contributed by atoms with Crippen molar-refractivity contribution in [2.75, 3.05) is 11.4 Å². The van der Waals surface area contributed by atoms with Crippen molar-refractivity contribution in [2.24, 2.45) is 0 Å². The van der Waals surface area contributed by atoms with Gasteiger partial charge in [-0.3, -0.25) is 4.79 Å². The normalized spacial score (nSPS) is 10.0. The predicted octanol–water partition coefficient (Wildman–Crippen LogP) is 2.37. The molecule has 0 bridgehead atoms. The molecule has 0 atom stereocenters. The Hall–Kier alpha value is -2.41. The van der Waals surface area contributed by atoms with Crippen LogP contribution in [-0.2, 0) is 16.1 Å². The fourth-order valence-electron chi connectivity index (χ4n) is 1.49. The van der Waals surface area contributed by atoms with Crippen LogP contribution in [0.4, 0.5) is 9.93 Å². The zero-order chi connectivity index (χ0) is 14.4. The maximum absolute atomic E-state index is 12.0. The molecule has 2 rings (SSSR count). The van der Waals surface area contributed by atoms with E-state index < -0.39 is 18.6 Å². The van der Waals surface area contributed by atoms with E-state index in [1.165, 1.54) is 17.5 Å². The van der Waals surface area contributed by atoms with Crippen molar-refractivity contribution in [3.8, 4) is 0 Å². The van der Waals surface area contributed by atoms with E-state index in [0.29, 0.717) is 5.13 Å².